The molecule has 0 radical (unpaired) electrons. The summed E-state index contributed by atoms with van der Waals surface area (Å²) in [7, 11) is 3.36. The number of aromatic nitrogens is 1. The van der Waals surface area contributed by atoms with Crippen molar-refractivity contribution in [1.82, 2.24) is 4.98 Å². The average Bonchev–Trinajstić information content (AvgIpc) is 3.01. The molecule has 0 aliphatic carbocycles. The fourth-order valence-electron chi connectivity index (χ4n) is 2.64. The van der Waals surface area contributed by atoms with Gasteiger partial charge in [-0.25, -0.2) is 4.39 Å². The van der Waals surface area contributed by atoms with E-state index in [-0.39, 0.29) is 18.0 Å². The molecule has 1 aliphatic rings. The van der Waals surface area contributed by atoms with Gasteiger partial charge in [-0.3, -0.25) is 0 Å². The fourth-order valence-corrected chi connectivity index (χ4v) is 2.64. The van der Waals surface area contributed by atoms with Gasteiger partial charge in [0, 0.05) is 26.8 Å². The molecule has 108 valence electrons. The minimum atomic E-state index is -0.318. The molecule has 0 spiro atoms. The molecule has 0 bridgehead atoms. The molecule has 2 heterocycles. The molecule has 1 aliphatic heterocycles. The van der Waals surface area contributed by atoms with Gasteiger partial charge in [-0.1, -0.05) is 0 Å². The summed E-state index contributed by atoms with van der Waals surface area (Å²) in [5.41, 5.74) is 1.11. The first-order valence-corrected chi connectivity index (χ1v) is 6.55. The molecule has 1 saturated heterocycles. The number of methoxy groups -OCH3 is 2. The quantitative estimate of drug-likeness (QED) is 0.859. The Hall–Kier alpha value is -1.66. The first-order chi connectivity index (χ1) is 9.71. The molecule has 0 saturated carbocycles. The molecule has 2 aromatic rings. The van der Waals surface area contributed by atoms with Crippen molar-refractivity contribution in [1.29, 1.82) is 0 Å². The van der Waals surface area contributed by atoms with E-state index in [1.54, 1.807) is 20.3 Å². The van der Waals surface area contributed by atoms with Gasteiger partial charge in [0.25, 0.3) is 6.01 Å². The maximum Gasteiger partial charge on any atom is 0.298 e. The standard InChI is InChI=1S/C14H17FN2O3/c1-18-8-10-6-11(19-2)7-17(10)14-16-12-5-9(15)3-4-13(12)20-14/h3-5,10-11H,6-8H2,1-2H3/t10-,11+/m0/s1. The summed E-state index contributed by atoms with van der Waals surface area (Å²) in [5, 5.41) is 0. The normalized spacial score (nSPS) is 22.9. The van der Waals surface area contributed by atoms with Crippen LogP contribution in [0.4, 0.5) is 10.4 Å². The highest BCUT2D eigenvalue weighted by Gasteiger charge is 2.35. The summed E-state index contributed by atoms with van der Waals surface area (Å²) in [6, 6.07) is 4.98. The molecule has 1 aromatic carbocycles. The van der Waals surface area contributed by atoms with Crippen LogP contribution in [-0.2, 0) is 9.47 Å². The van der Waals surface area contributed by atoms with E-state index in [2.05, 4.69) is 4.98 Å². The van der Waals surface area contributed by atoms with Crippen molar-refractivity contribution in [2.24, 2.45) is 0 Å². The minimum Gasteiger partial charge on any atom is -0.423 e. The Balaban J connectivity index is 1.91. The van der Waals surface area contributed by atoms with Gasteiger partial charge < -0.3 is 18.8 Å². The van der Waals surface area contributed by atoms with Gasteiger partial charge in [-0.2, -0.15) is 4.98 Å². The van der Waals surface area contributed by atoms with Crippen molar-refractivity contribution in [2.45, 2.75) is 18.6 Å². The minimum absolute atomic E-state index is 0.127. The summed E-state index contributed by atoms with van der Waals surface area (Å²) < 4.78 is 29.6. The zero-order chi connectivity index (χ0) is 14.1. The van der Waals surface area contributed by atoms with Crippen molar-refractivity contribution in [3.05, 3.63) is 24.0 Å². The van der Waals surface area contributed by atoms with Crippen LogP contribution >= 0.6 is 0 Å². The topological polar surface area (TPSA) is 47.7 Å². The molecule has 0 amide bonds. The van der Waals surface area contributed by atoms with Crippen LogP contribution in [0.25, 0.3) is 11.1 Å². The Kier molecular flexibility index (Phi) is 3.58. The fraction of sp³-hybridized carbons (Fsp3) is 0.500. The van der Waals surface area contributed by atoms with E-state index in [0.29, 0.717) is 30.3 Å². The zero-order valence-corrected chi connectivity index (χ0v) is 11.5. The zero-order valence-electron chi connectivity index (χ0n) is 11.5. The number of halogens is 1. The van der Waals surface area contributed by atoms with Crippen LogP contribution in [0, 0.1) is 5.82 Å². The van der Waals surface area contributed by atoms with Gasteiger partial charge in [0.2, 0.25) is 0 Å². The van der Waals surface area contributed by atoms with Crippen molar-refractivity contribution in [2.75, 3.05) is 32.3 Å². The average molecular weight is 280 g/mol. The van der Waals surface area contributed by atoms with Gasteiger partial charge in [-0.05, 0) is 18.6 Å². The molecule has 0 N–H and O–H groups in total. The number of ether oxygens (including phenoxy) is 2. The van der Waals surface area contributed by atoms with Crippen LogP contribution in [0.2, 0.25) is 0 Å². The number of hydrogen-bond donors (Lipinski definition) is 0. The van der Waals surface area contributed by atoms with Gasteiger partial charge in [-0.15, -0.1) is 0 Å². The third-order valence-electron chi connectivity index (χ3n) is 3.65. The molecule has 0 unspecified atom stereocenters. The Morgan fingerprint density at radius 2 is 2.30 bits per heavy atom. The number of rotatable bonds is 4. The van der Waals surface area contributed by atoms with E-state index < -0.39 is 0 Å². The van der Waals surface area contributed by atoms with Crippen molar-refractivity contribution in [3.8, 4) is 0 Å². The Labute approximate surface area is 116 Å². The molecule has 2 atom stereocenters. The molecule has 3 rings (SSSR count). The van der Waals surface area contributed by atoms with Crippen molar-refractivity contribution in [3.63, 3.8) is 0 Å². The summed E-state index contributed by atoms with van der Waals surface area (Å²) in [5.74, 6) is -0.318. The second-order valence-corrected chi connectivity index (χ2v) is 4.96. The summed E-state index contributed by atoms with van der Waals surface area (Å²) in [6.45, 7) is 1.27. The maximum absolute atomic E-state index is 13.2. The van der Waals surface area contributed by atoms with E-state index in [9.17, 15) is 4.39 Å². The SMILES string of the molecule is COC[C@@H]1C[C@@H](OC)CN1c1nc2cc(F)ccc2o1. The van der Waals surface area contributed by atoms with Crippen LogP contribution in [0.1, 0.15) is 6.42 Å². The molecule has 5 nitrogen and oxygen atoms in total. The summed E-state index contributed by atoms with van der Waals surface area (Å²) >= 11 is 0. The highest BCUT2D eigenvalue weighted by Crippen LogP contribution is 2.29. The van der Waals surface area contributed by atoms with E-state index in [4.69, 9.17) is 13.9 Å². The van der Waals surface area contributed by atoms with Gasteiger partial charge in [0.05, 0.1) is 18.8 Å². The van der Waals surface area contributed by atoms with Gasteiger partial charge in [0.15, 0.2) is 5.58 Å². The van der Waals surface area contributed by atoms with Gasteiger partial charge >= 0.3 is 0 Å². The summed E-state index contributed by atoms with van der Waals surface area (Å²) in [4.78, 5) is 6.39. The molecular formula is C14H17FN2O3. The Bertz CT molecular complexity index is 601. The number of hydrogen-bond acceptors (Lipinski definition) is 5. The number of fused-ring (bicyclic) bond motifs is 1. The highest BCUT2D eigenvalue weighted by molar-refractivity contribution is 5.74. The Morgan fingerprint density at radius 1 is 1.45 bits per heavy atom. The van der Waals surface area contributed by atoms with Crippen molar-refractivity contribution < 1.29 is 18.3 Å². The second kappa shape index (κ2) is 5.38. The number of anilines is 1. The molecule has 1 fully saturated rings. The smallest absolute Gasteiger partial charge is 0.298 e. The first-order valence-electron chi connectivity index (χ1n) is 6.55. The molecule has 20 heavy (non-hydrogen) atoms. The molecule has 6 heteroatoms. The van der Waals surface area contributed by atoms with E-state index in [1.165, 1.54) is 12.1 Å². The lowest BCUT2D eigenvalue weighted by molar-refractivity contribution is 0.111. The lowest BCUT2D eigenvalue weighted by Crippen LogP contribution is -2.33. The van der Waals surface area contributed by atoms with Crippen LogP contribution in [-0.4, -0.2) is 44.5 Å². The third-order valence-corrected chi connectivity index (χ3v) is 3.65. The number of benzene rings is 1. The van der Waals surface area contributed by atoms with Crippen LogP contribution in [0.3, 0.4) is 0 Å². The van der Waals surface area contributed by atoms with Crippen LogP contribution in [0.5, 0.6) is 0 Å². The van der Waals surface area contributed by atoms with Gasteiger partial charge in [0.1, 0.15) is 11.3 Å². The van der Waals surface area contributed by atoms with Crippen LogP contribution < -0.4 is 4.90 Å². The Morgan fingerprint density at radius 3 is 3.05 bits per heavy atom. The molecular weight excluding hydrogens is 263 g/mol. The van der Waals surface area contributed by atoms with E-state index in [1.807, 2.05) is 4.90 Å². The highest BCUT2D eigenvalue weighted by atomic mass is 19.1. The molecule has 1 aromatic heterocycles. The summed E-state index contributed by atoms with van der Waals surface area (Å²) in [6.07, 6.45) is 0.985. The first kappa shape index (κ1) is 13.3. The van der Waals surface area contributed by atoms with E-state index in [0.717, 1.165) is 6.42 Å². The van der Waals surface area contributed by atoms with Crippen molar-refractivity contribution >= 4 is 17.1 Å². The largest absolute Gasteiger partial charge is 0.423 e. The van der Waals surface area contributed by atoms with Crippen LogP contribution in [0.15, 0.2) is 22.6 Å². The predicted molar refractivity (Wildman–Crippen MR) is 72.4 cm³/mol. The second-order valence-electron chi connectivity index (χ2n) is 4.96. The monoisotopic (exact) mass is 280 g/mol. The third kappa shape index (κ3) is 2.36. The maximum atomic E-state index is 13.2. The van der Waals surface area contributed by atoms with E-state index >= 15 is 0 Å². The number of nitrogens with zero attached hydrogens (tertiary/aromatic N) is 2. The number of oxazole rings is 1. The lowest BCUT2D eigenvalue weighted by atomic mass is 10.2. The predicted octanol–water partition coefficient (Wildman–Crippen LogP) is 2.21. The lowest BCUT2D eigenvalue weighted by Gasteiger charge is -2.21.